The zero-order valence-electron chi connectivity index (χ0n) is 9.89. The van der Waals surface area contributed by atoms with E-state index in [1.165, 1.54) is 11.1 Å². The summed E-state index contributed by atoms with van der Waals surface area (Å²) in [5.74, 6) is 1.03. The van der Waals surface area contributed by atoms with Gasteiger partial charge in [0.2, 0.25) is 0 Å². The van der Waals surface area contributed by atoms with E-state index >= 15 is 0 Å². The van der Waals surface area contributed by atoms with Crippen LogP contribution >= 0.6 is 0 Å². The summed E-state index contributed by atoms with van der Waals surface area (Å²) < 4.78 is 5.77. The molecular weight excluding hydrogens is 210 g/mol. The minimum atomic E-state index is 0.0813. The Hall–Kier alpha value is -1.83. The molecule has 1 aliphatic rings. The van der Waals surface area contributed by atoms with Crippen LogP contribution in [0.25, 0.3) is 0 Å². The van der Waals surface area contributed by atoms with Crippen molar-refractivity contribution in [1.29, 1.82) is 0 Å². The Morgan fingerprint density at radius 2 is 1.94 bits per heavy atom. The molecule has 86 valence electrons. The number of aromatic nitrogens is 1. The van der Waals surface area contributed by atoms with Crippen LogP contribution in [0.2, 0.25) is 0 Å². The van der Waals surface area contributed by atoms with Crippen LogP contribution in [-0.4, -0.2) is 11.6 Å². The first-order valence-electron chi connectivity index (χ1n) is 5.89. The van der Waals surface area contributed by atoms with Crippen molar-refractivity contribution in [1.82, 2.24) is 4.98 Å². The normalized spacial score (nSPS) is 21.9. The van der Waals surface area contributed by atoms with Crippen LogP contribution in [0.4, 0.5) is 0 Å². The van der Waals surface area contributed by atoms with E-state index in [0.717, 1.165) is 18.8 Å². The predicted octanol–water partition coefficient (Wildman–Crippen LogP) is 2.97. The molecule has 2 heteroatoms. The van der Waals surface area contributed by atoms with Gasteiger partial charge in [-0.15, -0.1) is 0 Å². The number of ether oxygens (including phenoxy) is 1. The zero-order valence-corrected chi connectivity index (χ0v) is 9.89. The maximum atomic E-state index is 5.77. The van der Waals surface area contributed by atoms with E-state index in [9.17, 15) is 0 Å². The van der Waals surface area contributed by atoms with Crippen molar-refractivity contribution in [2.45, 2.75) is 18.8 Å². The number of rotatable bonds is 2. The second-order valence-electron chi connectivity index (χ2n) is 4.88. The second-order valence-corrected chi connectivity index (χ2v) is 4.88. The Morgan fingerprint density at radius 1 is 1.18 bits per heavy atom. The minimum Gasteiger partial charge on any atom is -0.492 e. The van der Waals surface area contributed by atoms with Crippen molar-refractivity contribution in [2.24, 2.45) is 0 Å². The van der Waals surface area contributed by atoms with Gasteiger partial charge in [0, 0.05) is 23.4 Å². The van der Waals surface area contributed by atoms with E-state index in [4.69, 9.17) is 4.74 Å². The summed E-state index contributed by atoms with van der Waals surface area (Å²) >= 11 is 0. The van der Waals surface area contributed by atoms with Gasteiger partial charge in [0.15, 0.2) is 0 Å². The fourth-order valence-corrected chi connectivity index (χ4v) is 2.50. The molecule has 1 atom stereocenters. The SMILES string of the molecule is C[C@@]1(Cc2ccncc2)COc2ccccc21. The topological polar surface area (TPSA) is 22.1 Å². The molecule has 2 aromatic rings. The smallest absolute Gasteiger partial charge is 0.123 e. The van der Waals surface area contributed by atoms with Crippen molar-refractivity contribution in [3.8, 4) is 5.75 Å². The van der Waals surface area contributed by atoms with Crippen LogP contribution in [-0.2, 0) is 11.8 Å². The predicted molar refractivity (Wildman–Crippen MR) is 67.2 cm³/mol. The molecule has 0 fully saturated rings. The molecule has 2 heterocycles. The zero-order chi connectivity index (χ0) is 11.7. The lowest BCUT2D eigenvalue weighted by atomic mass is 9.79. The van der Waals surface area contributed by atoms with Gasteiger partial charge in [-0.25, -0.2) is 0 Å². The first-order chi connectivity index (χ1) is 8.28. The van der Waals surface area contributed by atoms with E-state index in [1.807, 2.05) is 24.5 Å². The molecule has 0 saturated carbocycles. The quantitative estimate of drug-likeness (QED) is 0.784. The standard InChI is InChI=1S/C15H15NO/c1-15(10-12-6-8-16-9-7-12)11-17-14-5-3-2-4-13(14)15/h2-9H,10-11H2,1H3/t15-/m1/s1. The molecule has 3 rings (SSSR count). The van der Waals surface area contributed by atoms with Crippen LogP contribution in [0.1, 0.15) is 18.1 Å². The number of fused-ring (bicyclic) bond motifs is 1. The summed E-state index contributed by atoms with van der Waals surface area (Å²) in [4.78, 5) is 4.06. The van der Waals surface area contributed by atoms with Crippen molar-refractivity contribution >= 4 is 0 Å². The Balaban J connectivity index is 1.94. The van der Waals surface area contributed by atoms with Gasteiger partial charge < -0.3 is 4.74 Å². The number of nitrogens with zero attached hydrogens (tertiary/aromatic N) is 1. The molecule has 0 bridgehead atoms. The Morgan fingerprint density at radius 3 is 2.76 bits per heavy atom. The van der Waals surface area contributed by atoms with Crippen LogP contribution in [0.5, 0.6) is 5.75 Å². The van der Waals surface area contributed by atoms with Gasteiger partial charge in [0.05, 0.1) is 6.61 Å². The van der Waals surface area contributed by atoms with Gasteiger partial charge in [-0.05, 0) is 30.2 Å². The first-order valence-corrected chi connectivity index (χ1v) is 5.89. The van der Waals surface area contributed by atoms with Crippen molar-refractivity contribution < 1.29 is 4.74 Å². The third kappa shape index (κ3) is 1.80. The van der Waals surface area contributed by atoms with E-state index in [2.05, 4.69) is 36.2 Å². The van der Waals surface area contributed by atoms with Gasteiger partial charge in [-0.1, -0.05) is 25.1 Å². The molecule has 0 aliphatic carbocycles. The highest BCUT2D eigenvalue weighted by atomic mass is 16.5. The van der Waals surface area contributed by atoms with Crippen molar-refractivity contribution in [3.05, 3.63) is 59.9 Å². The van der Waals surface area contributed by atoms with Crippen molar-refractivity contribution in [2.75, 3.05) is 6.61 Å². The number of hydrogen-bond donors (Lipinski definition) is 0. The largest absolute Gasteiger partial charge is 0.492 e. The Bertz CT molecular complexity index is 523. The fourth-order valence-electron chi connectivity index (χ4n) is 2.50. The van der Waals surface area contributed by atoms with Gasteiger partial charge >= 0.3 is 0 Å². The Labute approximate surface area is 101 Å². The molecule has 0 saturated heterocycles. The van der Waals surface area contributed by atoms with E-state index in [-0.39, 0.29) is 5.41 Å². The molecule has 1 aliphatic heterocycles. The highest BCUT2D eigenvalue weighted by Crippen LogP contribution is 2.40. The highest BCUT2D eigenvalue weighted by molar-refractivity contribution is 5.44. The summed E-state index contributed by atoms with van der Waals surface area (Å²) in [5.41, 5.74) is 2.71. The maximum absolute atomic E-state index is 5.77. The molecule has 0 spiro atoms. The lowest BCUT2D eigenvalue weighted by Crippen LogP contribution is -2.26. The third-order valence-corrected chi connectivity index (χ3v) is 3.43. The Kier molecular flexibility index (Phi) is 2.36. The number of para-hydroxylation sites is 1. The molecule has 2 nitrogen and oxygen atoms in total. The summed E-state index contributed by atoms with van der Waals surface area (Å²) in [6.07, 6.45) is 4.69. The monoisotopic (exact) mass is 225 g/mol. The number of hydrogen-bond acceptors (Lipinski definition) is 2. The summed E-state index contributed by atoms with van der Waals surface area (Å²) in [6.45, 7) is 3.02. The second kappa shape index (κ2) is 3.88. The molecular formula is C15H15NO. The minimum absolute atomic E-state index is 0.0813. The van der Waals surface area contributed by atoms with Crippen LogP contribution in [0.3, 0.4) is 0 Å². The first kappa shape index (κ1) is 10.3. The fraction of sp³-hybridized carbons (Fsp3) is 0.267. The summed E-state index contributed by atoms with van der Waals surface area (Å²) in [6, 6.07) is 12.5. The molecule has 1 aromatic heterocycles. The number of benzene rings is 1. The van der Waals surface area contributed by atoms with Crippen LogP contribution in [0.15, 0.2) is 48.8 Å². The average molecular weight is 225 g/mol. The summed E-state index contributed by atoms with van der Waals surface area (Å²) in [7, 11) is 0. The highest BCUT2D eigenvalue weighted by Gasteiger charge is 2.35. The van der Waals surface area contributed by atoms with Crippen molar-refractivity contribution in [3.63, 3.8) is 0 Å². The molecule has 0 N–H and O–H groups in total. The molecule has 1 aromatic carbocycles. The summed E-state index contributed by atoms with van der Waals surface area (Å²) in [5, 5.41) is 0. The molecule has 17 heavy (non-hydrogen) atoms. The van der Waals surface area contributed by atoms with E-state index in [0.29, 0.717) is 0 Å². The van der Waals surface area contributed by atoms with E-state index < -0.39 is 0 Å². The molecule has 0 unspecified atom stereocenters. The lowest BCUT2D eigenvalue weighted by molar-refractivity contribution is 0.277. The van der Waals surface area contributed by atoms with Gasteiger partial charge in [-0.2, -0.15) is 0 Å². The van der Waals surface area contributed by atoms with Gasteiger partial charge in [-0.3, -0.25) is 4.98 Å². The third-order valence-electron chi connectivity index (χ3n) is 3.43. The molecule has 0 radical (unpaired) electrons. The maximum Gasteiger partial charge on any atom is 0.123 e. The average Bonchev–Trinajstić information content (AvgIpc) is 2.69. The lowest BCUT2D eigenvalue weighted by Gasteiger charge is -2.22. The van der Waals surface area contributed by atoms with Crippen LogP contribution in [0, 0.1) is 0 Å². The van der Waals surface area contributed by atoms with Gasteiger partial charge in [0.1, 0.15) is 5.75 Å². The van der Waals surface area contributed by atoms with Crippen LogP contribution < -0.4 is 4.74 Å². The number of pyridine rings is 1. The van der Waals surface area contributed by atoms with Gasteiger partial charge in [0.25, 0.3) is 0 Å². The molecule has 0 amide bonds. The van der Waals surface area contributed by atoms with E-state index in [1.54, 1.807) is 0 Å².